The van der Waals surface area contributed by atoms with E-state index in [9.17, 15) is 13.2 Å². The Kier molecular flexibility index (Phi) is 8.62. The minimum Gasteiger partial charge on any atom is -0.481 e. The average molecular weight is 480 g/mol. The highest BCUT2D eigenvalue weighted by molar-refractivity contribution is 14.0. The first kappa shape index (κ1) is 22.0. The smallest absolute Gasteiger partial charge is 0.416 e. The summed E-state index contributed by atoms with van der Waals surface area (Å²) in [6, 6.07) is 8.79. The predicted molar refractivity (Wildman–Crippen MR) is 105 cm³/mol. The maximum Gasteiger partial charge on any atom is 0.416 e. The molecule has 1 aromatic heterocycles. The summed E-state index contributed by atoms with van der Waals surface area (Å²) in [5, 5.41) is 6.06. The van der Waals surface area contributed by atoms with Crippen molar-refractivity contribution in [3.05, 3.63) is 59.3 Å². The lowest BCUT2D eigenvalue weighted by atomic mass is 10.1. The summed E-state index contributed by atoms with van der Waals surface area (Å²) < 4.78 is 43.2. The van der Waals surface area contributed by atoms with Crippen LogP contribution in [0.2, 0.25) is 0 Å². The van der Waals surface area contributed by atoms with Crippen molar-refractivity contribution in [1.29, 1.82) is 0 Å². The minimum absolute atomic E-state index is 0. The molecular formula is C17H20F3IN4O. The van der Waals surface area contributed by atoms with Gasteiger partial charge < -0.3 is 15.4 Å². The fourth-order valence-corrected chi connectivity index (χ4v) is 2.09. The molecule has 0 atom stereocenters. The summed E-state index contributed by atoms with van der Waals surface area (Å²) in [5.74, 6) is 1.00. The van der Waals surface area contributed by atoms with Crippen LogP contribution in [0.1, 0.15) is 16.7 Å². The SMILES string of the molecule is CN=C(NCc1ccc(OC)nc1)NCc1cccc(C(F)(F)F)c1.I. The summed E-state index contributed by atoms with van der Waals surface area (Å²) in [7, 11) is 3.13. The zero-order valence-corrected chi connectivity index (χ0v) is 16.6. The third kappa shape index (κ3) is 6.70. The Morgan fingerprint density at radius 1 is 1.12 bits per heavy atom. The monoisotopic (exact) mass is 480 g/mol. The topological polar surface area (TPSA) is 58.5 Å². The second-order valence-electron chi connectivity index (χ2n) is 5.19. The van der Waals surface area contributed by atoms with E-state index in [0.29, 0.717) is 23.9 Å². The van der Waals surface area contributed by atoms with Gasteiger partial charge in [-0.15, -0.1) is 24.0 Å². The Labute approximate surface area is 167 Å². The largest absolute Gasteiger partial charge is 0.481 e. The number of benzene rings is 1. The van der Waals surface area contributed by atoms with E-state index in [4.69, 9.17) is 4.74 Å². The molecule has 0 spiro atoms. The highest BCUT2D eigenvalue weighted by atomic mass is 127. The number of nitrogens with zero attached hydrogens (tertiary/aromatic N) is 2. The maximum atomic E-state index is 12.7. The molecule has 9 heteroatoms. The van der Waals surface area contributed by atoms with Crippen LogP contribution >= 0.6 is 24.0 Å². The summed E-state index contributed by atoms with van der Waals surface area (Å²) >= 11 is 0. The van der Waals surface area contributed by atoms with Crippen LogP contribution < -0.4 is 15.4 Å². The van der Waals surface area contributed by atoms with Gasteiger partial charge in [0.15, 0.2) is 5.96 Å². The Hall–Kier alpha value is -2.04. The highest BCUT2D eigenvalue weighted by Crippen LogP contribution is 2.29. The van der Waals surface area contributed by atoms with Crippen LogP contribution in [-0.2, 0) is 19.3 Å². The first-order chi connectivity index (χ1) is 11.9. The summed E-state index contributed by atoms with van der Waals surface area (Å²) in [5.41, 5.74) is 0.769. The third-order valence-corrected chi connectivity index (χ3v) is 3.40. The molecule has 2 rings (SSSR count). The van der Waals surface area contributed by atoms with Crippen LogP contribution in [0.3, 0.4) is 0 Å². The van der Waals surface area contributed by atoms with E-state index >= 15 is 0 Å². The van der Waals surface area contributed by atoms with E-state index < -0.39 is 11.7 Å². The summed E-state index contributed by atoms with van der Waals surface area (Å²) in [4.78, 5) is 8.15. The van der Waals surface area contributed by atoms with Crippen LogP contribution in [0.4, 0.5) is 13.2 Å². The molecule has 5 nitrogen and oxygen atoms in total. The average Bonchev–Trinajstić information content (AvgIpc) is 2.62. The molecular weight excluding hydrogens is 460 g/mol. The number of hydrogen-bond acceptors (Lipinski definition) is 3. The van der Waals surface area contributed by atoms with Crippen molar-refractivity contribution in [2.75, 3.05) is 14.2 Å². The van der Waals surface area contributed by atoms with Gasteiger partial charge in [0, 0.05) is 32.4 Å². The molecule has 0 amide bonds. The second-order valence-corrected chi connectivity index (χ2v) is 5.19. The Bertz CT molecular complexity index is 721. The van der Waals surface area contributed by atoms with Crippen LogP contribution in [-0.4, -0.2) is 25.1 Å². The van der Waals surface area contributed by atoms with Gasteiger partial charge in [-0.2, -0.15) is 13.2 Å². The van der Waals surface area contributed by atoms with Gasteiger partial charge in [0.1, 0.15) is 0 Å². The molecule has 2 N–H and O–H groups in total. The van der Waals surface area contributed by atoms with Gasteiger partial charge in [-0.3, -0.25) is 4.99 Å². The third-order valence-electron chi connectivity index (χ3n) is 3.40. The number of aliphatic imine (C=N–C) groups is 1. The highest BCUT2D eigenvalue weighted by Gasteiger charge is 2.30. The van der Waals surface area contributed by atoms with Crippen molar-refractivity contribution in [2.24, 2.45) is 4.99 Å². The number of halogens is 4. The van der Waals surface area contributed by atoms with Gasteiger partial charge in [0.05, 0.1) is 12.7 Å². The fraction of sp³-hybridized carbons (Fsp3) is 0.294. The van der Waals surface area contributed by atoms with Gasteiger partial charge in [-0.1, -0.05) is 18.2 Å². The normalized spacial score (nSPS) is 11.5. The number of hydrogen-bond donors (Lipinski definition) is 2. The van der Waals surface area contributed by atoms with E-state index in [1.807, 2.05) is 6.07 Å². The Morgan fingerprint density at radius 2 is 1.81 bits per heavy atom. The molecule has 0 radical (unpaired) electrons. The predicted octanol–water partition coefficient (Wildman–Crippen LogP) is 3.59. The molecule has 142 valence electrons. The van der Waals surface area contributed by atoms with E-state index in [1.54, 1.807) is 32.5 Å². The number of aromatic nitrogens is 1. The number of methoxy groups -OCH3 is 1. The molecule has 26 heavy (non-hydrogen) atoms. The molecule has 2 aromatic rings. The fourth-order valence-electron chi connectivity index (χ4n) is 2.09. The number of rotatable bonds is 5. The van der Waals surface area contributed by atoms with Crippen molar-refractivity contribution in [1.82, 2.24) is 15.6 Å². The maximum absolute atomic E-state index is 12.7. The number of guanidine groups is 1. The minimum atomic E-state index is -4.35. The molecule has 0 fully saturated rings. The molecule has 0 aliphatic rings. The number of alkyl halides is 3. The van der Waals surface area contributed by atoms with Gasteiger partial charge in [0.2, 0.25) is 5.88 Å². The van der Waals surface area contributed by atoms with Crippen molar-refractivity contribution in [2.45, 2.75) is 19.3 Å². The molecule has 0 saturated heterocycles. The van der Waals surface area contributed by atoms with Crippen molar-refractivity contribution in [3.8, 4) is 5.88 Å². The van der Waals surface area contributed by atoms with Crippen LogP contribution in [0, 0.1) is 0 Å². The van der Waals surface area contributed by atoms with Gasteiger partial charge in [0.25, 0.3) is 0 Å². The molecule has 1 aromatic carbocycles. The molecule has 0 aliphatic carbocycles. The lowest BCUT2D eigenvalue weighted by Gasteiger charge is -2.13. The van der Waals surface area contributed by atoms with E-state index in [-0.39, 0.29) is 30.5 Å². The van der Waals surface area contributed by atoms with Crippen molar-refractivity contribution in [3.63, 3.8) is 0 Å². The van der Waals surface area contributed by atoms with Crippen LogP contribution in [0.25, 0.3) is 0 Å². The standard InChI is InChI=1S/C17H19F3N4O.HI/c1-21-16(24-11-13-6-7-15(25-2)22-10-13)23-9-12-4-3-5-14(8-12)17(18,19)20;/h3-8,10H,9,11H2,1-2H3,(H2,21,23,24);1H. The summed E-state index contributed by atoms with van der Waals surface area (Å²) in [6.07, 6.45) is -2.68. The van der Waals surface area contributed by atoms with Gasteiger partial charge in [-0.25, -0.2) is 4.98 Å². The number of ether oxygens (including phenoxy) is 1. The first-order valence-corrected chi connectivity index (χ1v) is 7.52. The molecule has 0 unspecified atom stereocenters. The lowest BCUT2D eigenvalue weighted by molar-refractivity contribution is -0.137. The molecule has 0 saturated carbocycles. The van der Waals surface area contributed by atoms with Crippen LogP contribution in [0.5, 0.6) is 5.88 Å². The Balaban J connectivity index is 0.00000338. The number of pyridine rings is 1. The Morgan fingerprint density at radius 3 is 2.35 bits per heavy atom. The lowest BCUT2D eigenvalue weighted by Crippen LogP contribution is -2.36. The van der Waals surface area contributed by atoms with Gasteiger partial charge in [-0.05, 0) is 23.3 Å². The first-order valence-electron chi connectivity index (χ1n) is 7.52. The van der Waals surface area contributed by atoms with E-state index in [0.717, 1.165) is 17.7 Å². The second kappa shape index (κ2) is 10.2. The van der Waals surface area contributed by atoms with E-state index in [2.05, 4.69) is 20.6 Å². The van der Waals surface area contributed by atoms with Crippen LogP contribution in [0.15, 0.2) is 47.6 Å². The molecule has 1 heterocycles. The quantitative estimate of drug-likeness (QED) is 0.390. The number of nitrogens with one attached hydrogen (secondary N) is 2. The van der Waals surface area contributed by atoms with E-state index in [1.165, 1.54) is 6.07 Å². The molecule has 0 aliphatic heterocycles. The summed E-state index contributed by atoms with van der Waals surface area (Å²) in [6.45, 7) is 0.698. The van der Waals surface area contributed by atoms with Crippen molar-refractivity contribution >= 4 is 29.9 Å². The van der Waals surface area contributed by atoms with Crippen molar-refractivity contribution < 1.29 is 17.9 Å². The molecule has 0 bridgehead atoms. The zero-order chi connectivity index (χ0) is 18.3. The van der Waals surface area contributed by atoms with Gasteiger partial charge >= 0.3 is 6.18 Å². The zero-order valence-electron chi connectivity index (χ0n) is 14.3.